The van der Waals surface area contributed by atoms with Crippen molar-refractivity contribution in [3.63, 3.8) is 0 Å². The molecule has 1 aromatic carbocycles. The second-order valence-corrected chi connectivity index (χ2v) is 4.39. The molecule has 1 aliphatic rings. The number of epoxide rings is 1. The summed E-state index contributed by atoms with van der Waals surface area (Å²) in [6, 6.07) is 8.23. The molecule has 2 rings (SSSR count). The predicted octanol–water partition coefficient (Wildman–Crippen LogP) is 2.94. The number of nitrogen functional groups attached to an aromatic ring is 1. The van der Waals surface area contributed by atoms with Gasteiger partial charge in [-0.2, -0.15) is 0 Å². The molecule has 1 heterocycles. The van der Waals surface area contributed by atoms with Gasteiger partial charge in [0.1, 0.15) is 0 Å². The second-order valence-electron chi connectivity index (χ2n) is 4.39. The lowest BCUT2D eigenvalue weighted by molar-refractivity contribution is 0.357. The highest BCUT2D eigenvalue weighted by atomic mass is 16.6. The molecular formula is C13H19NO. The van der Waals surface area contributed by atoms with E-state index in [4.69, 9.17) is 10.5 Å². The standard InChI is InChI=1S/C13H19NO/c1-3-10(8-13-9(2)15-13)11-4-6-12(14)7-5-11/h4-7,9-10,13H,3,8,14H2,1-2H3. The minimum absolute atomic E-state index is 0.466. The van der Waals surface area contributed by atoms with Crippen LogP contribution in [0.3, 0.4) is 0 Å². The van der Waals surface area contributed by atoms with E-state index >= 15 is 0 Å². The summed E-state index contributed by atoms with van der Waals surface area (Å²) < 4.78 is 5.47. The summed E-state index contributed by atoms with van der Waals surface area (Å²) in [6.07, 6.45) is 3.25. The smallest absolute Gasteiger partial charge is 0.0844 e. The maximum atomic E-state index is 5.68. The number of ether oxygens (including phenoxy) is 1. The third-order valence-electron chi connectivity index (χ3n) is 3.25. The van der Waals surface area contributed by atoms with Gasteiger partial charge in [0.2, 0.25) is 0 Å². The Morgan fingerprint density at radius 2 is 1.93 bits per heavy atom. The van der Waals surface area contributed by atoms with Crippen molar-refractivity contribution in [2.24, 2.45) is 0 Å². The van der Waals surface area contributed by atoms with Crippen LogP contribution in [-0.4, -0.2) is 12.2 Å². The summed E-state index contributed by atoms with van der Waals surface area (Å²) in [5, 5.41) is 0. The maximum Gasteiger partial charge on any atom is 0.0844 e. The minimum Gasteiger partial charge on any atom is -0.399 e. The monoisotopic (exact) mass is 205 g/mol. The minimum atomic E-state index is 0.466. The van der Waals surface area contributed by atoms with Crippen molar-refractivity contribution in [2.75, 3.05) is 5.73 Å². The normalized spacial score (nSPS) is 26.3. The number of benzene rings is 1. The van der Waals surface area contributed by atoms with Crippen molar-refractivity contribution in [1.82, 2.24) is 0 Å². The lowest BCUT2D eigenvalue weighted by Crippen LogP contribution is -2.03. The van der Waals surface area contributed by atoms with E-state index in [1.807, 2.05) is 12.1 Å². The molecule has 0 spiro atoms. The van der Waals surface area contributed by atoms with E-state index in [0.29, 0.717) is 18.1 Å². The van der Waals surface area contributed by atoms with Crippen LogP contribution in [0, 0.1) is 0 Å². The predicted molar refractivity (Wildman–Crippen MR) is 62.8 cm³/mol. The Morgan fingerprint density at radius 1 is 1.33 bits per heavy atom. The van der Waals surface area contributed by atoms with Crippen molar-refractivity contribution in [3.05, 3.63) is 29.8 Å². The summed E-state index contributed by atoms with van der Waals surface area (Å²) in [5.74, 6) is 0.612. The zero-order valence-electron chi connectivity index (χ0n) is 9.44. The Morgan fingerprint density at radius 3 is 2.40 bits per heavy atom. The third kappa shape index (κ3) is 2.51. The van der Waals surface area contributed by atoms with E-state index < -0.39 is 0 Å². The molecule has 15 heavy (non-hydrogen) atoms. The van der Waals surface area contributed by atoms with Gasteiger partial charge in [-0.1, -0.05) is 19.1 Å². The Labute approximate surface area is 91.4 Å². The molecule has 0 aliphatic carbocycles. The number of hydrogen-bond donors (Lipinski definition) is 1. The van der Waals surface area contributed by atoms with Gasteiger partial charge >= 0.3 is 0 Å². The summed E-state index contributed by atoms with van der Waals surface area (Å²) in [7, 11) is 0. The summed E-state index contributed by atoms with van der Waals surface area (Å²) >= 11 is 0. The molecule has 82 valence electrons. The van der Waals surface area contributed by atoms with Crippen LogP contribution >= 0.6 is 0 Å². The fourth-order valence-corrected chi connectivity index (χ4v) is 2.06. The zero-order valence-corrected chi connectivity index (χ0v) is 9.44. The van der Waals surface area contributed by atoms with E-state index in [-0.39, 0.29) is 0 Å². The SMILES string of the molecule is CCC(CC1OC1C)c1ccc(N)cc1. The van der Waals surface area contributed by atoms with E-state index in [0.717, 1.165) is 18.5 Å². The van der Waals surface area contributed by atoms with Crippen LogP contribution < -0.4 is 5.73 Å². The fourth-order valence-electron chi connectivity index (χ4n) is 2.06. The summed E-state index contributed by atoms with van der Waals surface area (Å²) in [5.41, 5.74) is 7.90. The largest absolute Gasteiger partial charge is 0.399 e. The van der Waals surface area contributed by atoms with E-state index in [9.17, 15) is 0 Å². The van der Waals surface area contributed by atoms with E-state index in [1.54, 1.807) is 0 Å². The topological polar surface area (TPSA) is 38.5 Å². The molecule has 1 aliphatic heterocycles. The van der Waals surface area contributed by atoms with Gasteiger partial charge in [0.25, 0.3) is 0 Å². The third-order valence-corrected chi connectivity index (χ3v) is 3.25. The van der Waals surface area contributed by atoms with Crippen LogP contribution in [0.5, 0.6) is 0 Å². The average Bonchev–Trinajstić information content (AvgIpc) is 2.92. The quantitative estimate of drug-likeness (QED) is 0.606. The van der Waals surface area contributed by atoms with Crippen molar-refractivity contribution in [3.8, 4) is 0 Å². The Balaban J connectivity index is 2.02. The van der Waals surface area contributed by atoms with Gasteiger partial charge < -0.3 is 10.5 Å². The molecule has 0 bridgehead atoms. The Bertz CT molecular complexity index is 320. The van der Waals surface area contributed by atoms with Crippen LogP contribution in [0.1, 0.15) is 38.2 Å². The summed E-state index contributed by atoms with van der Waals surface area (Å²) in [6.45, 7) is 4.37. The molecule has 3 atom stereocenters. The van der Waals surface area contributed by atoms with Crippen LogP contribution in [-0.2, 0) is 4.74 Å². The highest BCUT2D eigenvalue weighted by Gasteiger charge is 2.35. The number of nitrogens with two attached hydrogens (primary N) is 1. The van der Waals surface area contributed by atoms with Crippen molar-refractivity contribution >= 4 is 5.69 Å². The zero-order chi connectivity index (χ0) is 10.8. The first kappa shape index (κ1) is 10.5. The Kier molecular flexibility index (Phi) is 2.96. The van der Waals surface area contributed by atoms with Gasteiger partial charge in [0.15, 0.2) is 0 Å². The molecule has 3 unspecified atom stereocenters. The molecule has 2 heteroatoms. The van der Waals surface area contributed by atoms with Crippen molar-refractivity contribution in [2.45, 2.75) is 44.8 Å². The van der Waals surface area contributed by atoms with Gasteiger partial charge in [-0.15, -0.1) is 0 Å². The lowest BCUT2D eigenvalue weighted by atomic mass is 9.91. The van der Waals surface area contributed by atoms with Crippen molar-refractivity contribution in [1.29, 1.82) is 0 Å². The highest BCUT2D eigenvalue weighted by molar-refractivity contribution is 5.40. The number of hydrogen-bond acceptors (Lipinski definition) is 2. The number of anilines is 1. The Hall–Kier alpha value is -1.02. The summed E-state index contributed by atoms with van der Waals surface area (Å²) in [4.78, 5) is 0. The van der Waals surface area contributed by atoms with Crippen molar-refractivity contribution < 1.29 is 4.74 Å². The molecule has 2 N–H and O–H groups in total. The van der Waals surface area contributed by atoms with E-state index in [1.165, 1.54) is 5.56 Å². The molecule has 1 aromatic rings. The van der Waals surface area contributed by atoms with Gasteiger partial charge in [-0.05, 0) is 43.4 Å². The van der Waals surface area contributed by atoms with Gasteiger partial charge in [0, 0.05) is 5.69 Å². The molecule has 0 radical (unpaired) electrons. The van der Waals surface area contributed by atoms with Crippen LogP contribution in [0.4, 0.5) is 5.69 Å². The lowest BCUT2D eigenvalue weighted by Gasteiger charge is -2.14. The van der Waals surface area contributed by atoms with E-state index in [2.05, 4.69) is 26.0 Å². The molecule has 2 nitrogen and oxygen atoms in total. The number of rotatable bonds is 4. The van der Waals surface area contributed by atoms with Crippen LogP contribution in [0.25, 0.3) is 0 Å². The maximum absolute atomic E-state index is 5.68. The fraction of sp³-hybridized carbons (Fsp3) is 0.538. The first-order chi connectivity index (χ1) is 7.20. The van der Waals surface area contributed by atoms with Crippen LogP contribution in [0.15, 0.2) is 24.3 Å². The van der Waals surface area contributed by atoms with Gasteiger partial charge in [-0.25, -0.2) is 0 Å². The molecule has 0 saturated carbocycles. The first-order valence-electron chi connectivity index (χ1n) is 5.71. The first-order valence-corrected chi connectivity index (χ1v) is 5.71. The highest BCUT2D eigenvalue weighted by Crippen LogP contribution is 2.34. The molecule has 1 saturated heterocycles. The van der Waals surface area contributed by atoms with Crippen LogP contribution in [0.2, 0.25) is 0 Å². The molecular weight excluding hydrogens is 186 g/mol. The van der Waals surface area contributed by atoms with Gasteiger partial charge in [0.05, 0.1) is 12.2 Å². The molecule has 0 amide bonds. The van der Waals surface area contributed by atoms with Gasteiger partial charge in [-0.3, -0.25) is 0 Å². The second kappa shape index (κ2) is 4.23. The molecule has 0 aromatic heterocycles. The molecule has 1 fully saturated rings. The average molecular weight is 205 g/mol.